The van der Waals surface area contributed by atoms with Crippen LogP contribution < -0.4 is 4.90 Å². The molecule has 0 spiro atoms. The van der Waals surface area contributed by atoms with Gasteiger partial charge in [-0.2, -0.15) is 5.26 Å². The largest absolute Gasteiger partial charge is 0.370 e. The van der Waals surface area contributed by atoms with Crippen molar-refractivity contribution in [2.75, 3.05) is 11.9 Å². The Morgan fingerprint density at radius 3 is 2.75 bits per heavy atom. The summed E-state index contributed by atoms with van der Waals surface area (Å²) in [5.74, 6) is 0. The predicted molar refractivity (Wildman–Crippen MR) is 72.2 cm³/mol. The molecule has 0 radical (unpaired) electrons. The minimum atomic E-state index is 0.164. The Kier molecular flexibility index (Phi) is 5.11. The Morgan fingerprint density at radius 2 is 2.25 bits per heavy atom. The van der Waals surface area contributed by atoms with Gasteiger partial charge in [0.15, 0.2) is 0 Å². The molecule has 1 aromatic carbocycles. The van der Waals surface area contributed by atoms with Crippen molar-refractivity contribution in [3.63, 3.8) is 0 Å². The van der Waals surface area contributed by atoms with Crippen molar-refractivity contribution < 1.29 is 0 Å². The van der Waals surface area contributed by atoms with Crippen molar-refractivity contribution in [1.29, 1.82) is 5.26 Å². The number of nitriles is 1. The number of nitrogens with zero attached hydrogens (tertiary/aromatic N) is 2. The summed E-state index contributed by atoms with van der Waals surface area (Å²) >= 11 is 9.59. The summed E-state index contributed by atoms with van der Waals surface area (Å²) in [4.78, 5) is 2.03. The van der Waals surface area contributed by atoms with E-state index in [4.69, 9.17) is 16.9 Å². The zero-order chi connectivity index (χ0) is 12.1. The molecule has 1 atom stereocenters. The first-order valence-corrected chi connectivity index (χ1v) is 6.54. The number of halogens is 2. The number of rotatable bonds is 4. The van der Waals surface area contributed by atoms with Crippen molar-refractivity contribution in [2.45, 2.75) is 24.7 Å². The fourth-order valence-corrected chi connectivity index (χ4v) is 2.11. The van der Waals surface area contributed by atoms with Gasteiger partial charge in [-0.25, -0.2) is 0 Å². The molecular weight excluding hydrogens is 288 g/mol. The maximum Gasteiger partial charge on any atom is 0.0643 e. The van der Waals surface area contributed by atoms with Gasteiger partial charge in [-0.1, -0.05) is 33.6 Å². The molecule has 86 valence electrons. The lowest BCUT2D eigenvalue weighted by Crippen LogP contribution is -2.28. The van der Waals surface area contributed by atoms with Crippen LogP contribution in [-0.4, -0.2) is 13.1 Å². The Balaban J connectivity index is 2.92. The van der Waals surface area contributed by atoms with E-state index in [0.717, 1.165) is 21.6 Å². The van der Waals surface area contributed by atoms with Gasteiger partial charge in [0.1, 0.15) is 0 Å². The van der Waals surface area contributed by atoms with Crippen LogP contribution in [0.5, 0.6) is 0 Å². The first-order chi connectivity index (χ1) is 7.60. The monoisotopic (exact) mass is 300 g/mol. The second kappa shape index (κ2) is 6.12. The van der Waals surface area contributed by atoms with Crippen LogP contribution in [0, 0.1) is 11.3 Å². The molecule has 0 aliphatic rings. The standard InChI is InChI=1S/C12H14BrClN2/c1-9(5-6-15)16(2)12-4-3-10(8-13)7-11(12)14/h3-4,7,9H,5,8H2,1-2H3. The highest BCUT2D eigenvalue weighted by Crippen LogP contribution is 2.28. The maximum absolute atomic E-state index is 8.67. The Morgan fingerprint density at radius 1 is 1.56 bits per heavy atom. The number of alkyl halides is 1. The Hall–Kier alpha value is -0.720. The molecule has 0 aromatic heterocycles. The van der Waals surface area contributed by atoms with Crippen LogP contribution >= 0.6 is 27.5 Å². The van der Waals surface area contributed by atoms with E-state index in [1.807, 2.05) is 37.1 Å². The highest BCUT2D eigenvalue weighted by atomic mass is 79.9. The minimum Gasteiger partial charge on any atom is -0.370 e. The molecule has 0 saturated carbocycles. The van der Waals surface area contributed by atoms with Crippen LogP contribution in [0.4, 0.5) is 5.69 Å². The zero-order valence-corrected chi connectivity index (χ0v) is 11.7. The molecule has 0 saturated heterocycles. The molecule has 0 bridgehead atoms. The Bertz CT molecular complexity index is 400. The first kappa shape index (κ1) is 13.3. The second-order valence-corrected chi connectivity index (χ2v) is 4.71. The van der Waals surface area contributed by atoms with Crippen molar-refractivity contribution in [3.05, 3.63) is 28.8 Å². The van der Waals surface area contributed by atoms with Gasteiger partial charge in [0.25, 0.3) is 0 Å². The molecule has 0 N–H and O–H groups in total. The summed E-state index contributed by atoms with van der Waals surface area (Å²) in [6, 6.07) is 8.30. The van der Waals surface area contributed by atoms with Gasteiger partial charge in [-0.3, -0.25) is 0 Å². The fourth-order valence-electron chi connectivity index (χ4n) is 1.43. The van der Waals surface area contributed by atoms with Crippen LogP contribution in [0.3, 0.4) is 0 Å². The van der Waals surface area contributed by atoms with Crippen molar-refractivity contribution in [1.82, 2.24) is 0 Å². The average Bonchev–Trinajstić information content (AvgIpc) is 2.28. The number of anilines is 1. The van der Waals surface area contributed by atoms with Gasteiger partial charge >= 0.3 is 0 Å². The summed E-state index contributed by atoms with van der Waals surface area (Å²) in [5, 5.41) is 10.2. The lowest BCUT2D eigenvalue weighted by Gasteiger charge is -2.26. The van der Waals surface area contributed by atoms with E-state index >= 15 is 0 Å². The number of benzene rings is 1. The van der Waals surface area contributed by atoms with E-state index < -0.39 is 0 Å². The normalized spacial score (nSPS) is 11.9. The number of hydrogen-bond donors (Lipinski definition) is 0. The summed E-state index contributed by atoms with van der Waals surface area (Å²) in [6.45, 7) is 2.01. The Labute approximate surface area is 110 Å². The summed E-state index contributed by atoms with van der Waals surface area (Å²) in [5.41, 5.74) is 2.12. The van der Waals surface area contributed by atoms with E-state index in [1.54, 1.807) is 0 Å². The molecule has 0 aliphatic carbocycles. The molecule has 0 amide bonds. The third kappa shape index (κ3) is 3.13. The predicted octanol–water partition coefficient (Wildman–Crippen LogP) is 3.97. The van der Waals surface area contributed by atoms with Crippen LogP contribution in [0.1, 0.15) is 18.9 Å². The van der Waals surface area contributed by atoms with Crippen molar-refractivity contribution in [3.8, 4) is 6.07 Å². The third-order valence-electron chi connectivity index (χ3n) is 2.59. The van der Waals surface area contributed by atoms with Gasteiger partial charge in [-0.05, 0) is 24.6 Å². The quantitative estimate of drug-likeness (QED) is 0.787. The average molecular weight is 302 g/mol. The van der Waals surface area contributed by atoms with E-state index in [9.17, 15) is 0 Å². The molecule has 1 unspecified atom stereocenters. The molecule has 2 nitrogen and oxygen atoms in total. The van der Waals surface area contributed by atoms with E-state index in [-0.39, 0.29) is 6.04 Å². The van der Waals surface area contributed by atoms with Crippen LogP contribution in [0.2, 0.25) is 5.02 Å². The van der Waals surface area contributed by atoms with Gasteiger partial charge in [0, 0.05) is 18.4 Å². The van der Waals surface area contributed by atoms with E-state index in [2.05, 4.69) is 22.0 Å². The van der Waals surface area contributed by atoms with E-state index in [0.29, 0.717) is 6.42 Å². The number of hydrogen-bond acceptors (Lipinski definition) is 2. The fraction of sp³-hybridized carbons (Fsp3) is 0.417. The van der Waals surface area contributed by atoms with E-state index in [1.165, 1.54) is 0 Å². The molecule has 1 rings (SSSR count). The van der Waals surface area contributed by atoms with Gasteiger partial charge in [-0.15, -0.1) is 0 Å². The highest BCUT2D eigenvalue weighted by Gasteiger charge is 2.12. The first-order valence-electron chi connectivity index (χ1n) is 5.04. The summed E-state index contributed by atoms with van der Waals surface area (Å²) < 4.78 is 0. The minimum absolute atomic E-state index is 0.164. The second-order valence-electron chi connectivity index (χ2n) is 3.74. The third-order valence-corrected chi connectivity index (χ3v) is 3.54. The SMILES string of the molecule is CC(CC#N)N(C)c1ccc(CBr)cc1Cl. The maximum atomic E-state index is 8.67. The topological polar surface area (TPSA) is 27.0 Å². The molecule has 4 heteroatoms. The summed E-state index contributed by atoms with van der Waals surface area (Å²) in [7, 11) is 1.96. The molecule has 0 aliphatic heterocycles. The lowest BCUT2D eigenvalue weighted by atomic mass is 10.1. The van der Waals surface area contributed by atoms with Crippen molar-refractivity contribution >= 4 is 33.2 Å². The lowest BCUT2D eigenvalue weighted by molar-refractivity contribution is 0.702. The van der Waals surface area contributed by atoms with Crippen LogP contribution in [-0.2, 0) is 5.33 Å². The molecule has 16 heavy (non-hydrogen) atoms. The highest BCUT2D eigenvalue weighted by molar-refractivity contribution is 9.08. The van der Waals surface area contributed by atoms with Crippen LogP contribution in [0.25, 0.3) is 0 Å². The zero-order valence-electron chi connectivity index (χ0n) is 9.37. The van der Waals surface area contributed by atoms with Gasteiger partial charge in [0.2, 0.25) is 0 Å². The smallest absolute Gasteiger partial charge is 0.0643 e. The van der Waals surface area contributed by atoms with Crippen molar-refractivity contribution in [2.24, 2.45) is 0 Å². The van der Waals surface area contributed by atoms with Gasteiger partial charge < -0.3 is 4.90 Å². The summed E-state index contributed by atoms with van der Waals surface area (Å²) in [6.07, 6.45) is 0.493. The molecular formula is C12H14BrClN2. The molecule has 1 aromatic rings. The van der Waals surface area contributed by atoms with Gasteiger partial charge in [0.05, 0.1) is 23.2 Å². The molecule has 0 heterocycles. The molecule has 0 fully saturated rings. The van der Waals surface area contributed by atoms with Crippen LogP contribution in [0.15, 0.2) is 18.2 Å².